The van der Waals surface area contributed by atoms with Gasteiger partial charge in [0.25, 0.3) is 5.56 Å². The lowest BCUT2D eigenvalue weighted by molar-refractivity contribution is -0.125. The lowest BCUT2D eigenvalue weighted by Crippen LogP contribution is -2.46. The van der Waals surface area contributed by atoms with Crippen LogP contribution in [0.5, 0.6) is 0 Å². The number of piperidine rings is 1. The molecule has 6 heteroatoms. The average molecular weight is 481 g/mol. The molecule has 5 rings (SSSR count). The van der Waals surface area contributed by atoms with E-state index in [1.54, 1.807) is 0 Å². The van der Waals surface area contributed by atoms with E-state index in [-0.39, 0.29) is 23.4 Å². The van der Waals surface area contributed by atoms with E-state index >= 15 is 0 Å². The minimum Gasteiger partial charge on any atom is -0.351 e. The number of nitrogens with zero attached hydrogens (tertiary/aromatic N) is 3. The second-order valence-corrected chi connectivity index (χ2v) is 9.73. The fourth-order valence-corrected chi connectivity index (χ4v) is 4.96. The van der Waals surface area contributed by atoms with E-state index < -0.39 is 0 Å². The van der Waals surface area contributed by atoms with Crippen LogP contribution in [-0.4, -0.2) is 28.5 Å². The van der Waals surface area contributed by atoms with Gasteiger partial charge in [-0.1, -0.05) is 72.3 Å². The maximum atomic E-state index is 13.8. The average Bonchev–Trinajstić information content (AvgIpc) is 2.91. The summed E-state index contributed by atoms with van der Waals surface area (Å²) in [6, 6.07) is 25.9. The highest BCUT2D eigenvalue weighted by molar-refractivity contribution is 5.80. The zero-order valence-corrected chi connectivity index (χ0v) is 20.9. The summed E-state index contributed by atoms with van der Waals surface area (Å²) in [5, 5.41) is 3.16. The van der Waals surface area contributed by atoms with Crippen LogP contribution in [0.2, 0.25) is 0 Å². The quantitative estimate of drug-likeness (QED) is 0.429. The van der Waals surface area contributed by atoms with Crippen molar-refractivity contribution in [3.05, 3.63) is 106 Å². The number of nitrogens with one attached hydrogen (secondary N) is 1. The molecule has 1 N–H and O–H groups in total. The summed E-state index contributed by atoms with van der Waals surface area (Å²) in [6.07, 6.45) is 1.64. The third-order valence-electron chi connectivity index (χ3n) is 7.05. The molecule has 1 saturated heterocycles. The maximum absolute atomic E-state index is 13.8. The van der Waals surface area contributed by atoms with Gasteiger partial charge in [-0.2, -0.15) is 0 Å². The lowest BCUT2D eigenvalue weighted by Gasteiger charge is -2.33. The molecular formula is C30H32N4O2. The number of benzene rings is 3. The van der Waals surface area contributed by atoms with Crippen LogP contribution in [0.3, 0.4) is 0 Å². The standard InChI is InChI=1S/C30H32N4O2/c1-21-14-16-23(17-15-21)19-34-27-13-7-6-12-26(27)32-28(30(34)36)33-18-8-11-25(20-33)29(35)31-22(2)24-9-4-3-5-10-24/h3-7,9-10,12-17,22,25H,8,11,18-20H2,1-2H3,(H,31,35)/t22-,25+/m1/s1. The van der Waals surface area contributed by atoms with Gasteiger partial charge in [-0.15, -0.1) is 0 Å². The summed E-state index contributed by atoms with van der Waals surface area (Å²) in [7, 11) is 0. The minimum absolute atomic E-state index is 0.0248. The number of rotatable bonds is 6. The van der Waals surface area contributed by atoms with E-state index in [0.29, 0.717) is 25.5 Å². The Morgan fingerprint density at radius 3 is 2.53 bits per heavy atom. The SMILES string of the molecule is Cc1ccc(Cn2c(=O)c(N3CCC[C@H](C(=O)N[C@H](C)c4ccccc4)C3)nc3ccccc32)cc1. The first-order valence-electron chi connectivity index (χ1n) is 12.6. The topological polar surface area (TPSA) is 67.2 Å². The van der Waals surface area contributed by atoms with Gasteiger partial charge < -0.3 is 10.2 Å². The van der Waals surface area contributed by atoms with Crippen LogP contribution in [0.1, 0.15) is 42.5 Å². The summed E-state index contributed by atoms with van der Waals surface area (Å²) in [4.78, 5) is 33.7. The second kappa shape index (κ2) is 10.4. The highest BCUT2D eigenvalue weighted by Gasteiger charge is 2.29. The Morgan fingerprint density at radius 1 is 1.03 bits per heavy atom. The van der Waals surface area contributed by atoms with Crippen molar-refractivity contribution in [3.8, 4) is 0 Å². The number of aromatic nitrogens is 2. The Bertz CT molecular complexity index is 1410. The molecule has 0 saturated carbocycles. The van der Waals surface area contributed by atoms with E-state index in [2.05, 4.69) is 36.5 Å². The normalized spacial score (nSPS) is 16.6. The molecular weight excluding hydrogens is 448 g/mol. The molecule has 0 radical (unpaired) electrons. The van der Waals surface area contributed by atoms with Gasteiger partial charge >= 0.3 is 0 Å². The predicted molar refractivity (Wildman–Crippen MR) is 144 cm³/mol. The number of hydrogen-bond donors (Lipinski definition) is 1. The van der Waals surface area contributed by atoms with Gasteiger partial charge in [0.05, 0.1) is 29.5 Å². The van der Waals surface area contributed by atoms with Crippen molar-refractivity contribution in [2.45, 2.75) is 39.3 Å². The number of aryl methyl sites for hydroxylation is 1. The second-order valence-electron chi connectivity index (χ2n) is 9.73. The Hall–Kier alpha value is -3.93. The van der Waals surface area contributed by atoms with E-state index in [4.69, 9.17) is 4.98 Å². The number of anilines is 1. The van der Waals surface area contributed by atoms with Crippen molar-refractivity contribution in [1.29, 1.82) is 0 Å². The monoisotopic (exact) mass is 480 g/mol. The van der Waals surface area contributed by atoms with Crippen LogP contribution in [0.4, 0.5) is 5.82 Å². The fourth-order valence-electron chi connectivity index (χ4n) is 4.96. The van der Waals surface area contributed by atoms with Crippen molar-refractivity contribution in [2.24, 2.45) is 5.92 Å². The van der Waals surface area contributed by atoms with Crippen LogP contribution >= 0.6 is 0 Å². The Kier molecular flexibility index (Phi) is 6.85. The molecule has 1 aliphatic rings. The lowest BCUT2D eigenvalue weighted by atomic mass is 9.96. The fraction of sp³-hybridized carbons (Fsp3) is 0.300. The van der Waals surface area contributed by atoms with Crippen LogP contribution in [-0.2, 0) is 11.3 Å². The molecule has 1 fully saturated rings. The van der Waals surface area contributed by atoms with Crippen LogP contribution in [0, 0.1) is 12.8 Å². The summed E-state index contributed by atoms with van der Waals surface area (Å²) in [6.45, 7) is 5.73. The Labute approximate surface area is 211 Å². The molecule has 36 heavy (non-hydrogen) atoms. The van der Waals surface area contributed by atoms with Crippen LogP contribution < -0.4 is 15.8 Å². The molecule has 0 aliphatic carbocycles. The summed E-state index contributed by atoms with van der Waals surface area (Å²) in [5.41, 5.74) is 4.81. The van der Waals surface area contributed by atoms with E-state index in [0.717, 1.165) is 35.0 Å². The first-order chi connectivity index (χ1) is 17.5. The van der Waals surface area contributed by atoms with Crippen molar-refractivity contribution < 1.29 is 4.79 Å². The Balaban J connectivity index is 1.41. The smallest absolute Gasteiger partial charge is 0.294 e. The zero-order valence-electron chi connectivity index (χ0n) is 20.9. The number of amides is 1. The third kappa shape index (κ3) is 5.03. The molecule has 0 bridgehead atoms. The van der Waals surface area contributed by atoms with Crippen molar-refractivity contribution in [1.82, 2.24) is 14.9 Å². The number of hydrogen-bond acceptors (Lipinski definition) is 4. The van der Waals surface area contributed by atoms with Crippen LogP contribution in [0.25, 0.3) is 11.0 Å². The van der Waals surface area contributed by atoms with E-state index in [9.17, 15) is 9.59 Å². The molecule has 4 aromatic rings. The first kappa shape index (κ1) is 23.8. The van der Waals surface area contributed by atoms with Gasteiger partial charge in [0.1, 0.15) is 0 Å². The predicted octanol–water partition coefficient (Wildman–Crippen LogP) is 4.85. The first-order valence-corrected chi connectivity index (χ1v) is 12.6. The van der Waals surface area contributed by atoms with Crippen molar-refractivity contribution in [2.75, 3.05) is 18.0 Å². The number of fused-ring (bicyclic) bond motifs is 1. The molecule has 1 amide bonds. The summed E-state index contributed by atoms with van der Waals surface area (Å²) >= 11 is 0. The Morgan fingerprint density at radius 2 is 1.75 bits per heavy atom. The van der Waals surface area contributed by atoms with E-state index in [1.165, 1.54) is 5.56 Å². The van der Waals surface area contributed by atoms with Gasteiger partial charge in [0, 0.05) is 13.1 Å². The number of para-hydroxylation sites is 2. The third-order valence-corrected chi connectivity index (χ3v) is 7.05. The van der Waals surface area contributed by atoms with Crippen molar-refractivity contribution >= 4 is 22.8 Å². The maximum Gasteiger partial charge on any atom is 0.294 e. The molecule has 1 aliphatic heterocycles. The summed E-state index contributed by atoms with van der Waals surface area (Å²) < 4.78 is 1.81. The summed E-state index contributed by atoms with van der Waals surface area (Å²) in [5.74, 6) is 0.259. The molecule has 0 unspecified atom stereocenters. The highest BCUT2D eigenvalue weighted by Crippen LogP contribution is 2.23. The minimum atomic E-state index is -0.192. The molecule has 6 nitrogen and oxygen atoms in total. The highest BCUT2D eigenvalue weighted by atomic mass is 16.2. The molecule has 3 aromatic carbocycles. The zero-order chi connectivity index (χ0) is 25.1. The molecule has 184 valence electrons. The van der Waals surface area contributed by atoms with E-state index in [1.807, 2.05) is 71.0 Å². The van der Waals surface area contributed by atoms with Crippen LogP contribution in [0.15, 0.2) is 83.7 Å². The van der Waals surface area contributed by atoms with Gasteiger partial charge in [0.2, 0.25) is 5.91 Å². The number of carbonyl (C=O) groups excluding carboxylic acids is 1. The molecule has 0 spiro atoms. The van der Waals surface area contributed by atoms with Crippen molar-refractivity contribution in [3.63, 3.8) is 0 Å². The molecule has 2 heterocycles. The van der Waals surface area contributed by atoms with Gasteiger partial charge in [-0.05, 0) is 49.9 Å². The number of carbonyl (C=O) groups is 1. The largest absolute Gasteiger partial charge is 0.351 e. The molecule has 1 aromatic heterocycles. The molecule has 2 atom stereocenters. The van der Waals surface area contributed by atoms with Gasteiger partial charge in [-0.3, -0.25) is 14.2 Å². The van der Waals surface area contributed by atoms with Gasteiger partial charge in [-0.25, -0.2) is 4.98 Å². The van der Waals surface area contributed by atoms with Gasteiger partial charge in [0.15, 0.2) is 5.82 Å².